The summed E-state index contributed by atoms with van der Waals surface area (Å²) in [7, 11) is 0. The monoisotopic (exact) mass is 185 g/mol. The Kier molecular flexibility index (Phi) is 3.35. The van der Waals surface area contributed by atoms with E-state index in [2.05, 4.69) is 11.9 Å². The van der Waals surface area contributed by atoms with Crippen LogP contribution in [0.2, 0.25) is 5.02 Å². The molecule has 0 saturated heterocycles. The molecule has 0 unspecified atom stereocenters. The third kappa shape index (κ3) is 2.70. The van der Waals surface area contributed by atoms with Gasteiger partial charge in [-0.25, -0.2) is 4.98 Å². The largest absolute Gasteiger partial charge is 0.475 e. The van der Waals surface area contributed by atoms with Crippen molar-refractivity contribution in [3.63, 3.8) is 0 Å². The molecule has 0 aliphatic heterocycles. The molecular weight excluding hydrogens is 174 g/mol. The molecule has 0 spiro atoms. The van der Waals surface area contributed by atoms with Gasteiger partial charge in [-0.15, -0.1) is 0 Å². The Bertz CT molecular complexity index is 252. The molecule has 1 atom stereocenters. The summed E-state index contributed by atoms with van der Waals surface area (Å²) in [4.78, 5) is 4.02. The highest BCUT2D eigenvalue weighted by Gasteiger charge is 2.01. The Labute approximate surface area is 77.5 Å². The van der Waals surface area contributed by atoms with Crippen LogP contribution in [0.4, 0.5) is 0 Å². The molecule has 2 nitrogen and oxygen atoms in total. The lowest BCUT2D eigenvalue weighted by atomic mass is 10.3. The van der Waals surface area contributed by atoms with E-state index in [1.54, 1.807) is 18.3 Å². The first-order valence-corrected chi connectivity index (χ1v) is 4.38. The summed E-state index contributed by atoms with van der Waals surface area (Å²) in [6, 6.07) is 3.44. The predicted molar refractivity (Wildman–Crippen MR) is 49.6 cm³/mol. The molecule has 1 aromatic heterocycles. The molecule has 0 amide bonds. The van der Waals surface area contributed by atoms with E-state index < -0.39 is 0 Å². The van der Waals surface area contributed by atoms with Crippen LogP contribution < -0.4 is 4.74 Å². The Balaban J connectivity index is 2.63. The first kappa shape index (κ1) is 9.33. The number of nitrogens with zero attached hydrogens (tertiary/aromatic N) is 1. The first-order chi connectivity index (χ1) is 5.72. The van der Waals surface area contributed by atoms with Crippen molar-refractivity contribution < 1.29 is 4.74 Å². The van der Waals surface area contributed by atoms with Gasteiger partial charge in [0.15, 0.2) is 0 Å². The maximum Gasteiger partial charge on any atom is 0.214 e. The number of rotatable bonds is 3. The van der Waals surface area contributed by atoms with E-state index in [4.69, 9.17) is 16.3 Å². The van der Waals surface area contributed by atoms with Crippen LogP contribution in [0.1, 0.15) is 20.3 Å². The first-order valence-electron chi connectivity index (χ1n) is 4.00. The molecule has 0 radical (unpaired) electrons. The fourth-order valence-corrected chi connectivity index (χ4v) is 0.889. The van der Waals surface area contributed by atoms with E-state index in [9.17, 15) is 0 Å². The molecule has 1 heterocycles. The van der Waals surface area contributed by atoms with Crippen molar-refractivity contribution >= 4 is 11.6 Å². The zero-order valence-corrected chi connectivity index (χ0v) is 8.01. The smallest absolute Gasteiger partial charge is 0.214 e. The lowest BCUT2D eigenvalue weighted by molar-refractivity contribution is 0.208. The number of pyridine rings is 1. The lowest BCUT2D eigenvalue weighted by Gasteiger charge is -2.10. The molecule has 0 N–H and O–H groups in total. The molecule has 0 aliphatic rings. The molecule has 1 rings (SSSR count). The maximum atomic E-state index is 5.75. The Hall–Kier alpha value is -0.760. The summed E-state index contributed by atoms with van der Waals surface area (Å²) < 4.78 is 5.45. The highest BCUT2D eigenvalue weighted by molar-refractivity contribution is 6.30. The number of hydrogen-bond acceptors (Lipinski definition) is 2. The van der Waals surface area contributed by atoms with Crippen molar-refractivity contribution in [2.24, 2.45) is 0 Å². The van der Waals surface area contributed by atoms with Crippen LogP contribution in [-0.2, 0) is 0 Å². The fraction of sp³-hybridized carbons (Fsp3) is 0.444. The zero-order valence-electron chi connectivity index (χ0n) is 7.25. The topological polar surface area (TPSA) is 22.1 Å². The van der Waals surface area contributed by atoms with E-state index in [0.717, 1.165) is 6.42 Å². The molecule has 0 saturated carbocycles. The second-order valence-electron chi connectivity index (χ2n) is 2.65. The Morgan fingerprint density at radius 2 is 2.42 bits per heavy atom. The molecule has 3 heteroatoms. The third-order valence-electron chi connectivity index (χ3n) is 1.59. The minimum atomic E-state index is 0.191. The number of ether oxygens (including phenoxy) is 1. The van der Waals surface area contributed by atoms with Gasteiger partial charge in [0.25, 0.3) is 0 Å². The minimum absolute atomic E-state index is 0.191. The second kappa shape index (κ2) is 4.31. The highest BCUT2D eigenvalue weighted by Crippen LogP contribution is 2.15. The third-order valence-corrected chi connectivity index (χ3v) is 1.83. The maximum absolute atomic E-state index is 5.75. The van der Waals surface area contributed by atoms with Crippen LogP contribution >= 0.6 is 11.6 Å². The number of halogens is 1. The summed E-state index contributed by atoms with van der Waals surface area (Å²) in [6.45, 7) is 4.07. The van der Waals surface area contributed by atoms with Gasteiger partial charge in [-0.1, -0.05) is 18.5 Å². The van der Waals surface area contributed by atoms with Gasteiger partial charge in [0.1, 0.15) is 0 Å². The SMILES string of the molecule is CC[C@H](C)Oc1cc(Cl)ccn1. The van der Waals surface area contributed by atoms with Crippen LogP contribution in [-0.4, -0.2) is 11.1 Å². The van der Waals surface area contributed by atoms with Gasteiger partial charge in [-0.3, -0.25) is 0 Å². The van der Waals surface area contributed by atoms with Gasteiger partial charge in [0, 0.05) is 17.3 Å². The van der Waals surface area contributed by atoms with Crippen LogP contribution in [0.15, 0.2) is 18.3 Å². The molecule has 12 heavy (non-hydrogen) atoms. The summed E-state index contributed by atoms with van der Waals surface area (Å²) in [6.07, 6.45) is 2.80. The summed E-state index contributed by atoms with van der Waals surface area (Å²) in [5, 5.41) is 0.656. The number of hydrogen-bond donors (Lipinski definition) is 0. The highest BCUT2D eigenvalue weighted by atomic mass is 35.5. The molecule has 0 aliphatic carbocycles. The van der Waals surface area contributed by atoms with Crippen molar-refractivity contribution in [3.8, 4) is 5.88 Å². The summed E-state index contributed by atoms with van der Waals surface area (Å²) >= 11 is 5.75. The van der Waals surface area contributed by atoms with Crippen molar-refractivity contribution in [2.45, 2.75) is 26.4 Å². The van der Waals surface area contributed by atoms with Gasteiger partial charge in [-0.05, 0) is 19.4 Å². The van der Waals surface area contributed by atoms with E-state index in [1.807, 2.05) is 6.92 Å². The van der Waals surface area contributed by atoms with E-state index in [1.165, 1.54) is 0 Å². The zero-order chi connectivity index (χ0) is 8.97. The summed E-state index contributed by atoms with van der Waals surface area (Å²) in [5.41, 5.74) is 0. The van der Waals surface area contributed by atoms with Crippen LogP contribution in [0.5, 0.6) is 5.88 Å². The molecule has 0 fully saturated rings. The van der Waals surface area contributed by atoms with Crippen molar-refractivity contribution in [2.75, 3.05) is 0 Å². The lowest BCUT2D eigenvalue weighted by Crippen LogP contribution is -2.10. The average Bonchev–Trinajstić information content (AvgIpc) is 2.04. The minimum Gasteiger partial charge on any atom is -0.475 e. The van der Waals surface area contributed by atoms with Gasteiger partial charge >= 0.3 is 0 Å². The Morgan fingerprint density at radius 3 is 3.00 bits per heavy atom. The fourth-order valence-electron chi connectivity index (χ4n) is 0.739. The number of aromatic nitrogens is 1. The molecule has 0 aromatic carbocycles. The van der Waals surface area contributed by atoms with E-state index in [0.29, 0.717) is 10.9 Å². The van der Waals surface area contributed by atoms with Crippen LogP contribution in [0.25, 0.3) is 0 Å². The van der Waals surface area contributed by atoms with Gasteiger partial charge < -0.3 is 4.74 Å². The average molecular weight is 186 g/mol. The normalized spacial score (nSPS) is 12.6. The molecule has 0 bridgehead atoms. The molecular formula is C9H12ClNO. The van der Waals surface area contributed by atoms with E-state index >= 15 is 0 Å². The Morgan fingerprint density at radius 1 is 1.67 bits per heavy atom. The standard InChI is InChI=1S/C9H12ClNO/c1-3-7(2)12-9-6-8(10)4-5-11-9/h4-7H,3H2,1-2H3/t7-/m0/s1. The van der Waals surface area contributed by atoms with Crippen molar-refractivity contribution in [1.82, 2.24) is 4.98 Å². The van der Waals surface area contributed by atoms with Gasteiger partial charge in [0.2, 0.25) is 5.88 Å². The predicted octanol–water partition coefficient (Wildman–Crippen LogP) is 2.91. The van der Waals surface area contributed by atoms with E-state index in [-0.39, 0.29) is 6.10 Å². The quantitative estimate of drug-likeness (QED) is 0.723. The molecule has 66 valence electrons. The van der Waals surface area contributed by atoms with Crippen molar-refractivity contribution in [3.05, 3.63) is 23.4 Å². The molecule has 1 aromatic rings. The summed E-state index contributed by atoms with van der Waals surface area (Å²) in [5.74, 6) is 0.594. The van der Waals surface area contributed by atoms with Crippen LogP contribution in [0, 0.1) is 0 Å². The van der Waals surface area contributed by atoms with Gasteiger partial charge in [0.05, 0.1) is 6.10 Å². The van der Waals surface area contributed by atoms with Gasteiger partial charge in [-0.2, -0.15) is 0 Å². The van der Waals surface area contributed by atoms with Crippen molar-refractivity contribution in [1.29, 1.82) is 0 Å². The second-order valence-corrected chi connectivity index (χ2v) is 3.09. The van der Waals surface area contributed by atoms with Crippen LogP contribution in [0.3, 0.4) is 0 Å².